The van der Waals surface area contributed by atoms with Gasteiger partial charge in [-0.25, -0.2) is 9.18 Å². The Labute approximate surface area is 180 Å². The molecule has 2 heterocycles. The molecule has 2 N–H and O–H groups in total. The summed E-state index contributed by atoms with van der Waals surface area (Å²) in [6, 6.07) is 16.7. The molecule has 1 fully saturated rings. The van der Waals surface area contributed by atoms with Crippen LogP contribution < -0.4 is 20.3 Å². The SMILES string of the molecule is O=C1Nc2ccccc2CN1c1cc(OCc2ncccc2F)ccc1CNC1CC1. The van der Waals surface area contributed by atoms with Gasteiger partial charge in [-0.1, -0.05) is 24.3 Å². The molecule has 0 bridgehead atoms. The van der Waals surface area contributed by atoms with E-state index in [-0.39, 0.29) is 18.3 Å². The van der Waals surface area contributed by atoms with E-state index in [1.807, 2.05) is 42.5 Å². The minimum absolute atomic E-state index is 0.0147. The number of para-hydroxylation sites is 1. The summed E-state index contributed by atoms with van der Waals surface area (Å²) in [5.74, 6) is 0.155. The van der Waals surface area contributed by atoms with Crippen molar-refractivity contribution in [2.24, 2.45) is 0 Å². The average molecular weight is 418 g/mol. The highest BCUT2D eigenvalue weighted by Crippen LogP contribution is 2.33. The van der Waals surface area contributed by atoms with E-state index in [0.717, 1.165) is 22.5 Å². The van der Waals surface area contributed by atoms with Gasteiger partial charge < -0.3 is 15.4 Å². The van der Waals surface area contributed by atoms with E-state index in [4.69, 9.17) is 4.74 Å². The van der Waals surface area contributed by atoms with Crippen molar-refractivity contribution in [2.75, 3.05) is 10.2 Å². The van der Waals surface area contributed by atoms with E-state index in [9.17, 15) is 9.18 Å². The van der Waals surface area contributed by atoms with Gasteiger partial charge in [-0.2, -0.15) is 0 Å². The molecule has 5 rings (SSSR count). The Kier molecular flexibility index (Phi) is 5.26. The molecule has 3 aromatic rings. The molecule has 0 spiro atoms. The summed E-state index contributed by atoms with van der Waals surface area (Å²) in [4.78, 5) is 18.6. The summed E-state index contributed by atoms with van der Waals surface area (Å²) < 4.78 is 19.7. The molecule has 158 valence electrons. The molecule has 2 aliphatic rings. The number of nitrogens with zero attached hydrogens (tertiary/aromatic N) is 2. The molecule has 1 aliphatic carbocycles. The lowest BCUT2D eigenvalue weighted by Gasteiger charge is -2.31. The van der Waals surface area contributed by atoms with Gasteiger partial charge in [0.25, 0.3) is 0 Å². The highest BCUT2D eigenvalue weighted by Gasteiger charge is 2.27. The molecule has 1 saturated carbocycles. The summed E-state index contributed by atoms with van der Waals surface area (Å²) in [5.41, 5.74) is 3.91. The maximum absolute atomic E-state index is 13.9. The number of urea groups is 1. The number of aromatic nitrogens is 1. The fraction of sp³-hybridized carbons (Fsp3) is 0.250. The lowest BCUT2D eigenvalue weighted by molar-refractivity contribution is 0.256. The largest absolute Gasteiger partial charge is 0.487 e. The number of ether oxygens (including phenoxy) is 1. The number of amides is 2. The topological polar surface area (TPSA) is 66.5 Å². The predicted octanol–water partition coefficient (Wildman–Crippen LogP) is 4.60. The van der Waals surface area contributed by atoms with Gasteiger partial charge in [-0.3, -0.25) is 9.88 Å². The van der Waals surface area contributed by atoms with E-state index in [0.29, 0.717) is 24.9 Å². The third-order valence-corrected chi connectivity index (χ3v) is 5.55. The molecule has 2 aromatic carbocycles. The van der Waals surface area contributed by atoms with Gasteiger partial charge in [0.05, 0.1) is 12.2 Å². The first-order valence-electron chi connectivity index (χ1n) is 10.4. The summed E-state index contributed by atoms with van der Waals surface area (Å²) in [6.45, 7) is 1.15. The predicted molar refractivity (Wildman–Crippen MR) is 116 cm³/mol. The lowest BCUT2D eigenvalue weighted by Crippen LogP contribution is -2.39. The van der Waals surface area contributed by atoms with Crippen LogP contribution >= 0.6 is 0 Å². The van der Waals surface area contributed by atoms with Gasteiger partial charge in [0.1, 0.15) is 23.9 Å². The van der Waals surface area contributed by atoms with Gasteiger partial charge in [-0.15, -0.1) is 0 Å². The summed E-state index contributed by atoms with van der Waals surface area (Å²) in [6.07, 6.45) is 3.91. The van der Waals surface area contributed by atoms with Crippen molar-refractivity contribution in [1.29, 1.82) is 0 Å². The number of rotatable bonds is 7. The second-order valence-electron chi connectivity index (χ2n) is 7.84. The van der Waals surface area contributed by atoms with E-state index in [1.54, 1.807) is 11.0 Å². The number of anilines is 2. The number of halogens is 1. The number of pyridine rings is 1. The molecule has 7 heteroatoms. The molecule has 1 aromatic heterocycles. The zero-order chi connectivity index (χ0) is 21.2. The number of nitrogens with one attached hydrogen (secondary N) is 2. The van der Waals surface area contributed by atoms with Crippen LogP contribution in [-0.2, 0) is 19.7 Å². The van der Waals surface area contributed by atoms with Crippen LogP contribution in [0.1, 0.15) is 29.7 Å². The number of benzene rings is 2. The lowest BCUT2D eigenvalue weighted by atomic mass is 10.1. The van der Waals surface area contributed by atoms with Crippen LogP contribution in [0.4, 0.5) is 20.6 Å². The van der Waals surface area contributed by atoms with Crippen LogP contribution in [0, 0.1) is 5.82 Å². The second kappa shape index (κ2) is 8.35. The maximum Gasteiger partial charge on any atom is 0.326 e. The molecule has 0 radical (unpaired) electrons. The third-order valence-electron chi connectivity index (χ3n) is 5.55. The Morgan fingerprint density at radius 2 is 2.03 bits per heavy atom. The van der Waals surface area contributed by atoms with Crippen molar-refractivity contribution in [1.82, 2.24) is 10.3 Å². The molecular formula is C24H23FN4O2. The maximum atomic E-state index is 13.9. The summed E-state index contributed by atoms with van der Waals surface area (Å²) >= 11 is 0. The number of hydrogen-bond acceptors (Lipinski definition) is 4. The van der Waals surface area contributed by atoms with Gasteiger partial charge in [-0.05, 0) is 48.2 Å². The Morgan fingerprint density at radius 1 is 1.16 bits per heavy atom. The summed E-state index contributed by atoms with van der Waals surface area (Å²) in [7, 11) is 0. The number of carbonyl (C=O) groups is 1. The van der Waals surface area contributed by atoms with E-state index in [1.165, 1.54) is 25.1 Å². The molecule has 0 atom stereocenters. The number of hydrogen-bond donors (Lipinski definition) is 2. The second-order valence-corrected chi connectivity index (χ2v) is 7.84. The Bertz CT molecular complexity index is 1120. The van der Waals surface area contributed by atoms with Crippen LogP contribution in [0.3, 0.4) is 0 Å². The highest BCUT2D eigenvalue weighted by atomic mass is 19.1. The molecule has 0 unspecified atom stereocenters. The molecule has 6 nitrogen and oxygen atoms in total. The van der Waals surface area contributed by atoms with Crippen molar-refractivity contribution in [3.8, 4) is 5.75 Å². The van der Waals surface area contributed by atoms with Crippen LogP contribution in [0.2, 0.25) is 0 Å². The first-order chi connectivity index (χ1) is 15.2. The molecule has 31 heavy (non-hydrogen) atoms. The minimum Gasteiger partial charge on any atom is -0.487 e. The fourth-order valence-corrected chi connectivity index (χ4v) is 3.65. The van der Waals surface area contributed by atoms with Gasteiger partial charge in [0, 0.05) is 30.5 Å². The first-order valence-corrected chi connectivity index (χ1v) is 10.4. The van der Waals surface area contributed by atoms with Crippen LogP contribution in [0.5, 0.6) is 5.75 Å². The smallest absolute Gasteiger partial charge is 0.326 e. The van der Waals surface area contributed by atoms with Crippen LogP contribution in [0.25, 0.3) is 0 Å². The normalized spacial score (nSPS) is 15.4. The Balaban J connectivity index is 1.42. The van der Waals surface area contributed by atoms with Crippen molar-refractivity contribution in [3.63, 3.8) is 0 Å². The highest BCUT2D eigenvalue weighted by molar-refractivity contribution is 6.04. The third kappa shape index (κ3) is 4.36. The first kappa shape index (κ1) is 19.5. The van der Waals surface area contributed by atoms with E-state index >= 15 is 0 Å². The van der Waals surface area contributed by atoms with Gasteiger partial charge in [0.15, 0.2) is 0 Å². The number of fused-ring (bicyclic) bond motifs is 1. The van der Waals surface area contributed by atoms with Crippen molar-refractivity contribution in [3.05, 3.63) is 83.4 Å². The fourth-order valence-electron chi connectivity index (χ4n) is 3.65. The molecule has 1 aliphatic heterocycles. The average Bonchev–Trinajstić information content (AvgIpc) is 3.61. The Hall–Kier alpha value is -3.45. The Morgan fingerprint density at radius 3 is 2.87 bits per heavy atom. The van der Waals surface area contributed by atoms with Crippen LogP contribution in [0.15, 0.2) is 60.8 Å². The zero-order valence-corrected chi connectivity index (χ0v) is 17.0. The van der Waals surface area contributed by atoms with Crippen molar-refractivity contribution >= 4 is 17.4 Å². The zero-order valence-electron chi connectivity index (χ0n) is 17.0. The monoisotopic (exact) mass is 418 g/mol. The van der Waals surface area contributed by atoms with E-state index < -0.39 is 5.82 Å². The quantitative estimate of drug-likeness (QED) is 0.588. The van der Waals surface area contributed by atoms with E-state index in [2.05, 4.69) is 15.6 Å². The van der Waals surface area contributed by atoms with Crippen LogP contribution in [-0.4, -0.2) is 17.1 Å². The molecule has 0 saturated heterocycles. The minimum atomic E-state index is -0.403. The van der Waals surface area contributed by atoms with Crippen molar-refractivity contribution < 1.29 is 13.9 Å². The number of carbonyl (C=O) groups excluding carboxylic acids is 1. The van der Waals surface area contributed by atoms with Crippen molar-refractivity contribution in [2.45, 2.75) is 38.6 Å². The molecule has 2 amide bonds. The van der Waals surface area contributed by atoms with Gasteiger partial charge in [0.2, 0.25) is 0 Å². The standard InChI is InChI=1S/C24H23FN4O2/c25-20-5-3-11-26-22(20)15-31-19-10-7-16(13-27-18-8-9-18)23(12-19)29-14-17-4-1-2-6-21(17)28-24(29)30/h1-7,10-12,18,27H,8-9,13-15H2,(H,28,30). The molecular weight excluding hydrogens is 395 g/mol. The van der Waals surface area contributed by atoms with Gasteiger partial charge >= 0.3 is 6.03 Å². The summed E-state index contributed by atoms with van der Waals surface area (Å²) in [5, 5.41) is 6.48.